The largest absolute Gasteiger partial charge is 0.496 e. The summed E-state index contributed by atoms with van der Waals surface area (Å²) in [7, 11) is 3.15. The molecule has 3 fully saturated rings. The fourth-order valence-corrected chi connectivity index (χ4v) is 8.45. The van der Waals surface area contributed by atoms with Gasteiger partial charge in [-0.1, -0.05) is 56.3 Å². The maximum atomic E-state index is 14.4. The Morgan fingerprint density at radius 2 is 1.52 bits per heavy atom. The molecular formula is C38H43F6N3O5. The van der Waals surface area contributed by atoms with Gasteiger partial charge in [0.05, 0.1) is 26.3 Å². The molecule has 0 aromatic heterocycles. The van der Waals surface area contributed by atoms with Gasteiger partial charge >= 0.3 is 18.3 Å². The first-order valence-corrected chi connectivity index (χ1v) is 17.3. The van der Waals surface area contributed by atoms with Crippen molar-refractivity contribution in [1.82, 2.24) is 15.1 Å². The number of methoxy groups -OCH3 is 2. The standard InChI is InChI=1S/C38H43F6N3O5/c1-35(2)27-19-47(20-28(27)35)18-23-11-12-30(51-3)31(32(23)52-4)26-10-6-8-24-22(7-5-9-25(24)26)17-29(33(48)49)45-34(50)36(38(42,43)44)13-15-46(16-14-36)21-37(39,40)41/h5-12,27-29H,13-21H2,1-4H3,(H,45,50)(H,48,49)/t27?,28?,29-/m0/s1. The number of benzene rings is 3. The quantitative estimate of drug-likeness (QED) is 0.207. The van der Waals surface area contributed by atoms with E-state index in [-0.39, 0.29) is 6.42 Å². The van der Waals surface area contributed by atoms with Crippen LogP contribution in [0, 0.1) is 22.7 Å². The van der Waals surface area contributed by atoms with Gasteiger partial charge < -0.3 is 19.9 Å². The van der Waals surface area contributed by atoms with E-state index in [0.29, 0.717) is 57.2 Å². The zero-order chi connectivity index (χ0) is 37.8. The van der Waals surface area contributed by atoms with Crippen molar-refractivity contribution >= 4 is 22.6 Å². The molecule has 3 aliphatic rings. The summed E-state index contributed by atoms with van der Waals surface area (Å²) in [4.78, 5) is 29.0. The summed E-state index contributed by atoms with van der Waals surface area (Å²) >= 11 is 0. The topological polar surface area (TPSA) is 91.3 Å². The minimum absolute atomic E-state index is 0.349. The highest BCUT2D eigenvalue weighted by atomic mass is 19.4. The van der Waals surface area contributed by atoms with Gasteiger partial charge in [0.25, 0.3) is 0 Å². The first-order chi connectivity index (χ1) is 24.4. The lowest BCUT2D eigenvalue weighted by molar-refractivity contribution is -0.236. The molecule has 0 bridgehead atoms. The number of carbonyl (C=O) groups excluding carboxylic acids is 1. The Hall–Kier alpha value is -4.04. The molecule has 2 unspecified atom stereocenters. The van der Waals surface area contributed by atoms with E-state index < -0.39 is 68.2 Å². The number of rotatable bonds is 11. The zero-order valence-corrected chi connectivity index (χ0v) is 29.5. The van der Waals surface area contributed by atoms with Gasteiger partial charge in [-0.05, 0) is 71.1 Å². The second-order valence-corrected chi connectivity index (χ2v) is 14.9. The lowest BCUT2D eigenvalue weighted by atomic mass is 9.76. The molecule has 2 saturated heterocycles. The number of carboxylic acid groups (broad SMARTS) is 1. The Morgan fingerprint density at radius 3 is 2.10 bits per heavy atom. The number of hydrogen-bond acceptors (Lipinski definition) is 6. The third kappa shape index (κ3) is 7.03. The van der Waals surface area contributed by atoms with Crippen molar-refractivity contribution in [2.45, 2.75) is 58.0 Å². The van der Waals surface area contributed by atoms with Crippen LogP contribution >= 0.6 is 0 Å². The van der Waals surface area contributed by atoms with Crippen LogP contribution in [0.4, 0.5) is 26.3 Å². The number of carbonyl (C=O) groups is 2. The number of alkyl halides is 6. The van der Waals surface area contributed by atoms with Crippen LogP contribution < -0.4 is 14.8 Å². The first-order valence-electron chi connectivity index (χ1n) is 17.3. The highest BCUT2D eigenvalue weighted by Crippen LogP contribution is 2.62. The van der Waals surface area contributed by atoms with E-state index in [4.69, 9.17) is 9.47 Å². The Bertz CT molecular complexity index is 1820. The highest BCUT2D eigenvalue weighted by molar-refractivity contribution is 6.01. The average Bonchev–Trinajstić information content (AvgIpc) is 3.35. The third-order valence-corrected chi connectivity index (χ3v) is 11.6. The predicted octanol–water partition coefficient (Wildman–Crippen LogP) is 6.93. The number of aliphatic carboxylic acids is 1. The summed E-state index contributed by atoms with van der Waals surface area (Å²) in [6.45, 7) is 4.65. The number of ether oxygens (including phenoxy) is 2. The molecule has 3 aromatic rings. The van der Waals surface area contributed by atoms with Crippen LogP contribution in [-0.4, -0.2) is 92.1 Å². The van der Waals surface area contributed by atoms with Crippen molar-refractivity contribution in [3.63, 3.8) is 0 Å². The molecule has 2 heterocycles. The summed E-state index contributed by atoms with van der Waals surface area (Å²) in [6, 6.07) is 12.8. The number of likely N-dealkylation sites (tertiary alicyclic amines) is 2. The minimum Gasteiger partial charge on any atom is -0.496 e. The van der Waals surface area contributed by atoms with Crippen LogP contribution in [0.3, 0.4) is 0 Å². The molecule has 2 aliphatic heterocycles. The SMILES string of the molecule is COc1ccc(CN2CC3C(C2)C3(C)C)c(OC)c1-c1cccc2c(C[C@H](NC(=O)C3(C(F)(F)F)CCN(CC(F)(F)F)CC3)C(=O)O)cccc12. The molecule has 3 atom stereocenters. The molecule has 0 radical (unpaired) electrons. The predicted molar refractivity (Wildman–Crippen MR) is 182 cm³/mol. The Labute approximate surface area is 298 Å². The number of nitrogens with zero attached hydrogens (tertiary/aromatic N) is 2. The zero-order valence-electron chi connectivity index (χ0n) is 29.5. The molecule has 6 rings (SSSR count). The molecular weight excluding hydrogens is 692 g/mol. The van der Waals surface area contributed by atoms with Crippen LogP contribution in [0.5, 0.6) is 11.5 Å². The van der Waals surface area contributed by atoms with Gasteiger partial charge in [0, 0.05) is 31.6 Å². The molecule has 2 N–H and O–H groups in total. The van der Waals surface area contributed by atoms with Gasteiger partial charge in [-0.2, -0.15) is 26.3 Å². The van der Waals surface area contributed by atoms with Gasteiger partial charge in [0.15, 0.2) is 0 Å². The van der Waals surface area contributed by atoms with E-state index in [1.54, 1.807) is 38.5 Å². The monoisotopic (exact) mass is 735 g/mol. The van der Waals surface area contributed by atoms with E-state index in [1.807, 2.05) is 24.3 Å². The molecule has 3 aromatic carbocycles. The second kappa shape index (κ2) is 13.7. The average molecular weight is 736 g/mol. The van der Waals surface area contributed by atoms with Crippen molar-refractivity contribution in [2.24, 2.45) is 22.7 Å². The van der Waals surface area contributed by atoms with Gasteiger partial charge in [0.1, 0.15) is 23.0 Å². The third-order valence-electron chi connectivity index (χ3n) is 11.6. The molecule has 282 valence electrons. The summed E-state index contributed by atoms with van der Waals surface area (Å²) < 4.78 is 93.9. The van der Waals surface area contributed by atoms with E-state index in [2.05, 4.69) is 24.1 Å². The lowest BCUT2D eigenvalue weighted by Gasteiger charge is -2.42. The molecule has 52 heavy (non-hydrogen) atoms. The van der Waals surface area contributed by atoms with E-state index in [9.17, 15) is 41.0 Å². The van der Waals surface area contributed by atoms with Crippen molar-refractivity contribution in [1.29, 1.82) is 0 Å². The van der Waals surface area contributed by atoms with Crippen molar-refractivity contribution in [3.8, 4) is 22.6 Å². The number of nitrogens with one attached hydrogen (secondary N) is 1. The van der Waals surface area contributed by atoms with Gasteiger partial charge in [0.2, 0.25) is 5.91 Å². The minimum atomic E-state index is -5.11. The normalized spacial score (nSPS) is 22.1. The number of carboxylic acids is 1. The maximum Gasteiger partial charge on any atom is 0.403 e. The Balaban J connectivity index is 1.28. The summed E-state index contributed by atoms with van der Waals surface area (Å²) in [5.41, 5.74) is 0.202. The van der Waals surface area contributed by atoms with Crippen LogP contribution in [0.15, 0.2) is 48.5 Å². The summed E-state index contributed by atoms with van der Waals surface area (Å²) in [6.07, 6.45) is -11.9. The summed E-state index contributed by atoms with van der Waals surface area (Å²) in [5.74, 6) is -0.591. The molecule has 1 saturated carbocycles. The van der Waals surface area contributed by atoms with Crippen molar-refractivity contribution in [2.75, 3.05) is 46.9 Å². The molecule has 8 nitrogen and oxygen atoms in total. The van der Waals surface area contributed by atoms with E-state index in [1.165, 1.54) is 0 Å². The number of hydrogen-bond donors (Lipinski definition) is 2. The smallest absolute Gasteiger partial charge is 0.403 e. The molecule has 1 amide bonds. The molecule has 1 aliphatic carbocycles. The van der Waals surface area contributed by atoms with Crippen molar-refractivity contribution < 1.29 is 50.5 Å². The Kier molecular flexibility index (Phi) is 9.97. The number of fused-ring (bicyclic) bond motifs is 2. The van der Waals surface area contributed by atoms with Crippen LogP contribution in [0.1, 0.15) is 37.8 Å². The van der Waals surface area contributed by atoms with Gasteiger partial charge in [-0.3, -0.25) is 14.6 Å². The highest BCUT2D eigenvalue weighted by Gasteiger charge is 2.62. The fourth-order valence-electron chi connectivity index (χ4n) is 8.45. The van der Waals surface area contributed by atoms with Crippen LogP contribution in [0.25, 0.3) is 21.9 Å². The molecule has 14 heteroatoms. The maximum absolute atomic E-state index is 14.4. The van der Waals surface area contributed by atoms with Crippen LogP contribution in [0.2, 0.25) is 0 Å². The second-order valence-electron chi connectivity index (χ2n) is 14.9. The van der Waals surface area contributed by atoms with Gasteiger partial charge in [-0.25, -0.2) is 4.79 Å². The van der Waals surface area contributed by atoms with Crippen molar-refractivity contribution in [3.05, 3.63) is 59.7 Å². The fraction of sp³-hybridized carbons (Fsp3) is 0.526. The van der Waals surface area contributed by atoms with E-state index in [0.717, 1.165) is 29.1 Å². The first kappa shape index (κ1) is 37.7. The number of halogens is 6. The van der Waals surface area contributed by atoms with Crippen LogP contribution in [-0.2, 0) is 22.6 Å². The van der Waals surface area contributed by atoms with E-state index >= 15 is 0 Å². The molecule has 0 spiro atoms. The lowest BCUT2D eigenvalue weighted by Crippen LogP contribution is -2.59. The Morgan fingerprint density at radius 1 is 0.885 bits per heavy atom. The van der Waals surface area contributed by atoms with Gasteiger partial charge in [-0.15, -0.1) is 0 Å². The number of piperidine rings is 2. The summed E-state index contributed by atoms with van der Waals surface area (Å²) in [5, 5.41) is 13.5. The number of amides is 1.